The lowest BCUT2D eigenvalue weighted by molar-refractivity contribution is 0.118. The molecule has 20 heavy (non-hydrogen) atoms. The van der Waals surface area contributed by atoms with Crippen LogP contribution in [0.2, 0.25) is 0 Å². The first-order chi connectivity index (χ1) is 9.47. The molecule has 1 aromatic carbocycles. The summed E-state index contributed by atoms with van der Waals surface area (Å²) in [4.78, 5) is 5.86. The molecule has 1 unspecified atom stereocenters. The number of nitrogens with zero attached hydrogens (tertiary/aromatic N) is 4. The number of aromatic nitrogens is 3. The normalized spacial score (nSPS) is 12.9. The summed E-state index contributed by atoms with van der Waals surface area (Å²) in [6, 6.07) is 3.15. The van der Waals surface area contributed by atoms with Crippen LogP contribution >= 0.6 is 0 Å². The third-order valence-electron chi connectivity index (χ3n) is 3.02. The molecule has 0 saturated heterocycles. The summed E-state index contributed by atoms with van der Waals surface area (Å²) >= 11 is 0. The minimum absolute atomic E-state index is 0.0798. The van der Waals surface area contributed by atoms with E-state index in [9.17, 15) is 13.9 Å². The van der Waals surface area contributed by atoms with Crippen molar-refractivity contribution in [3.05, 3.63) is 47.5 Å². The Labute approximate surface area is 115 Å². The van der Waals surface area contributed by atoms with Gasteiger partial charge in [0.2, 0.25) is 0 Å². The van der Waals surface area contributed by atoms with E-state index in [0.717, 1.165) is 18.0 Å². The fourth-order valence-corrected chi connectivity index (χ4v) is 1.93. The molecule has 0 aliphatic heterocycles. The van der Waals surface area contributed by atoms with Gasteiger partial charge in [-0.3, -0.25) is 9.58 Å². The van der Waals surface area contributed by atoms with Crippen LogP contribution in [0.15, 0.2) is 24.5 Å². The quantitative estimate of drug-likeness (QED) is 0.897. The van der Waals surface area contributed by atoms with Crippen LogP contribution in [0.1, 0.15) is 17.5 Å². The van der Waals surface area contributed by atoms with Crippen molar-refractivity contribution in [2.45, 2.75) is 12.6 Å². The zero-order chi connectivity index (χ0) is 14.7. The Morgan fingerprint density at radius 3 is 2.75 bits per heavy atom. The van der Waals surface area contributed by atoms with Crippen molar-refractivity contribution >= 4 is 0 Å². The second-order valence-electron chi connectivity index (χ2n) is 4.68. The van der Waals surface area contributed by atoms with E-state index in [1.54, 1.807) is 23.7 Å². The van der Waals surface area contributed by atoms with Gasteiger partial charge < -0.3 is 5.11 Å². The lowest BCUT2D eigenvalue weighted by Crippen LogP contribution is -2.26. The third-order valence-corrected chi connectivity index (χ3v) is 3.02. The highest BCUT2D eigenvalue weighted by Gasteiger charge is 2.16. The van der Waals surface area contributed by atoms with Crippen LogP contribution in [0.25, 0.3) is 0 Å². The summed E-state index contributed by atoms with van der Waals surface area (Å²) in [5, 5.41) is 14.0. The van der Waals surface area contributed by atoms with Gasteiger partial charge in [-0.15, -0.1) is 0 Å². The number of aryl methyl sites for hydroxylation is 1. The molecule has 1 heterocycles. The van der Waals surface area contributed by atoms with Crippen molar-refractivity contribution in [2.24, 2.45) is 7.05 Å². The number of hydrogen-bond donors (Lipinski definition) is 1. The Balaban J connectivity index is 2.00. The van der Waals surface area contributed by atoms with E-state index in [1.165, 1.54) is 12.4 Å². The monoisotopic (exact) mass is 282 g/mol. The first-order valence-electron chi connectivity index (χ1n) is 6.12. The van der Waals surface area contributed by atoms with Gasteiger partial charge in [0.05, 0.1) is 12.6 Å². The molecule has 0 aliphatic carbocycles. The number of benzene rings is 1. The van der Waals surface area contributed by atoms with E-state index in [4.69, 9.17) is 0 Å². The summed E-state index contributed by atoms with van der Waals surface area (Å²) in [5.74, 6) is -0.672. The molecule has 1 aromatic heterocycles. The van der Waals surface area contributed by atoms with Crippen molar-refractivity contribution in [1.29, 1.82) is 0 Å². The van der Waals surface area contributed by atoms with Gasteiger partial charge in [-0.2, -0.15) is 5.10 Å². The SMILES string of the molecule is CN(Cc1ncnn1C)CC(O)c1ccc(F)cc1F. The van der Waals surface area contributed by atoms with Gasteiger partial charge >= 0.3 is 0 Å². The minimum Gasteiger partial charge on any atom is -0.387 e. The Kier molecular flexibility index (Phi) is 4.41. The Bertz CT molecular complexity index is 588. The molecule has 0 amide bonds. The number of aliphatic hydroxyl groups is 1. The van der Waals surface area contributed by atoms with Gasteiger partial charge in [-0.05, 0) is 13.1 Å². The average molecular weight is 282 g/mol. The number of rotatable bonds is 5. The van der Waals surface area contributed by atoms with Gasteiger partial charge in [0.15, 0.2) is 0 Å². The van der Waals surface area contributed by atoms with Crippen LogP contribution in [0.5, 0.6) is 0 Å². The van der Waals surface area contributed by atoms with E-state index in [1.807, 2.05) is 0 Å². The van der Waals surface area contributed by atoms with E-state index in [0.29, 0.717) is 6.54 Å². The predicted octanol–water partition coefficient (Wildman–Crippen LogP) is 1.26. The Hall–Kier alpha value is -1.86. The first-order valence-corrected chi connectivity index (χ1v) is 6.12. The number of likely N-dealkylation sites (N-methyl/N-ethyl adjacent to an activating group) is 1. The van der Waals surface area contributed by atoms with Crippen molar-refractivity contribution in [1.82, 2.24) is 19.7 Å². The number of hydrogen-bond acceptors (Lipinski definition) is 4. The molecule has 7 heteroatoms. The predicted molar refractivity (Wildman–Crippen MR) is 68.7 cm³/mol. The van der Waals surface area contributed by atoms with E-state index >= 15 is 0 Å². The molecular formula is C13H16F2N4O. The van der Waals surface area contributed by atoms with E-state index in [-0.39, 0.29) is 12.1 Å². The Morgan fingerprint density at radius 1 is 1.40 bits per heavy atom. The van der Waals surface area contributed by atoms with Crippen molar-refractivity contribution in [3.8, 4) is 0 Å². The van der Waals surface area contributed by atoms with Gasteiger partial charge in [0.25, 0.3) is 0 Å². The zero-order valence-electron chi connectivity index (χ0n) is 11.3. The largest absolute Gasteiger partial charge is 0.387 e. The summed E-state index contributed by atoms with van der Waals surface area (Å²) in [5.41, 5.74) is 0.0798. The number of aliphatic hydroxyl groups excluding tert-OH is 1. The highest BCUT2D eigenvalue weighted by molar-refractivity contribution is 5.21. The molecule has 108 valence electrons. The molecule has 0 spiro atoms. The van der Waals surface area contributed by atoms with Gasteiger partial charge in [-0.1, -0.05) is 6.07 Å². The summed E-state index contributed by atoms with van der Waals surface area (Å²) in [6.07, 6.45) is 0.410. The maximum absolute atomic E-state index is 13.5. The first kappa shape index (κ1) is 14.5. The zero-order valence-corrected chi connectivity index (χ0v) is 11.3. The Morgan fingerprint density at radius 2 is 2.15 bits per heavy atom. The topological polar surface area (TPSA) is 54.2 Å². The second-order valence-corrected chi connectivity index (χ2v) is 4.68. The van der Waals surface area contributed by atoms with E-state index in [2.05, 4.69) is 10.1 Å². The van der Waals surface area contributed by atoms with Crippen molar-refractivity contribution in [2.75, 3.05) is 13.6 Å². The van der Waals surface area contributed by atoms with Crippen LogP contribution in [-0.2, 0) is 13.6 Å². The van der Waals surface area contributed by atoms with Crippen LogP contribution in [0, 0.1) is 11.6 Å². The van der Waals surface area contributed by atoms with Gasteiger partial charge in [0, 0.05) is 25.2 Å². The smallest absolute Gasteiger partial charge is 0.140 e. The second kappa shape index (κ2) is 6.06. The lowest BCUT2D eigenvalue weighted by atomic mass is 10.1. The molecule has 0 fully saturated rings. The van der Waals surface area contributed by atoms with Gasteiger partial charge in [-0.25, -0.2) is 13.8 Å². The molecule has 0 aliphatic rings. The molecule has 0 saturated carbocycles. The summed E-state index contributed by atoms with van der Waals surface area (Å²) in [6.45, 7) is 0.672. The molecule has 0 radical (unpaired) electrons. The van der Waals surface area contributed by atoms with Crippen molar-refractivity contribution < 1.29 is 13.9 Å². The van der Waals surface area contributed by atoms with Crippen LogP contribution < -0.4 is 0 Å². The molecular weight excluding hydrogens is 266 g/mol. The highest BCUT2D eigenvalue weighted by atomic mass is 19.1. The number of halogens is 2. The highest BCUT2D eigenvalue weighted by Crippen LogP contribution is 2.19. The lowest BCUT2D eigenvalue weighted by Gasteiger charge is -2.20. The molecule has 1 N–H and O–H groups in total. The molecule has 2 aromatic rings. The summed E-state index contributed by atoms with van der Waals surface area (Å²) in [7, 11) is 3.55. The standard InChI is InChI=1S/C13H16F2N4O/c1-18(7-13-16-8-17-19(13)2)6-12(20)10-4-3-9(14)5-11(10)15/h3-5,8,12,20H,6-7H2,1-2H3. The third kappa shape index (κ3) is 3.37. The van der Waals surface area contributed by atoms with Gasteiger partial charge in [0.1, 0.15) is 23.8 Å². The average Bonchev–Trinajstić information content (AvgIpc) is 2.74. The maximum atomic E-state index is 13.5. The fourth-order valence-electron chi connectivity index (χ4n) is 1.93. The molecule has 2 rings (SSSR count). The molecule has 0 bridgehead atoms. The van der Waals surface area contributed by atoms with Crippen LogP contribution in [-0.4, -0.2) is 38.4 Å². The van der Waals surface area contributed by atoms with E-state index < -0.39 is 17.7 Å². The molecule has 1 atom stereocenters. The van der Waals surface area contributed by atoms with Crippen molar-refractivity contribution in [3.63, 3.8) is 0 Å². The molecule has 5 nitrogen and oxygen atoms in total. The maximum Gasteiger partial charge on any atom is 0.140 e. The van der Waals surface area contributed by atoms with Crippen LogP contribution in [0.4, 0.5) is 8.78 Å². The summed E-state index contributed by atoms with van der Waals surface area (Å²) < 4.78 is 28.0. The fraction of sp³-hybridized carbons (Fsp3) is 0.385. The minimum atomic E-state index is -1.03. The van der Waals surface area contributed by atoms with Crippen LogP contribution in [0.3, 0.4) is 0 Å².